The van der Waals surface area contributed by atoms with Gasteiger partial charge in [0.25, 0.3) is 0 Å². The summed E-state index contributed by atoms with van der Waals surface area (Å²) in [4.78, 5) is 8.49. The van der Waals surface area contributed by atoms with Gasteiger partial charge in [-0.25, -0.2) is 9.37 Å². The lowest BCUT2D eigenvalue weighted by Gasteiger charge is -2.12. The molecule has 2 aromatic carbocycles. The number of nitrogens with one attached hydrogen (secondary N) is 1. The van der Waals surface area contributed by atoms with Crippen molar-refractivity contribution in [2.45, 2.75) is 23.0 Å². The first-order chi connectivity index (χ1) is 9.65. The molecule has 3 N–H and O–H groups in total. The number of hydrogen-bond donors (Lipinski definition) is 2. The number of halogens is 1. The maximum absolute atomic E-state index is 13.9. The quantitative estimate of drug-likeness (QED) is 0.768. The molecule has 1 heterocycles. The smallest absolute Gasteiger partial charge is 0.171 e. The van der Waals surface area contributed by atoms with Crippen LogP contribution >= 0.6 is 11.8 Å². The Morgan fingerprint density at radius 3 is 2.75 bits per heavy atom. The van der Waals surface area contributed by atoms with Crippen LogP contribution in [-0.4, -0.2) is 9.97 Å². The summed E-state index contributed by atoms with van der Waals surface area (Å²) < 4.78 is 13.9. The van der Waals surface area contributed by atoms with Gasteiger partial charge in [0, 0.05) is 16.5 Å². The van der Waals surface area contributed by atoms with E-state index in [0.29, 0.717) is 5.56 Å². The predicted octanol–water partition coefficient (Wildman–Crippen LogP) is 3.87. The number of nitrogens with two attached hydrogens (primary N) is 1. The van der Waals surface area contributed by atoms with Gasteiger partial charge in [-0.2, -0.15) is 0 Å². The molecule has 0 radical (unpaired) electrons. The molecule has 0 spiro atoms. The van der Waals surface area contributed by atoms with Crippen LogP contribution in [0.1, 0.15) is 18.5 Å². The Morgan fingerprint density at radius 1 is 1.20 bits per heavy atom. The van der Waals surface area contributed by atoms with E-state index >= 15 is 0 Å². The molecule has 1 atom stereocenters. The van der Waals surface area contributed by atoms with E-state index in [0.717, 1.165) is 21.1 Å². The van der Waals surface area contributed by atoms with Gasteiger partial charge in [0.1, 0.15) is 5.82 Å². The van der Waals surface area contributed by atoms with Crippen molar-refractivity contribution in [2.24, 2.45) is 5.73 Å². The molecular formula is C15H14FN3S. The second kappa shape index (κ2) is 5.26. The van der Waals surface area contributed by atoms with Crippen molar-refractivity contribution in [3.63, 3.8) is 0 Å². The second-order valence-electron chi connectivity index (χ2n) is 4.60. The zero-order chi connectivity index (χ0) is 14.1. The maximum Gasteiger partial charge on any atom is 0.171 e. The molecule has 1 unspecified atom stereocenters. The number of hydrogen-bond acceptors (Lipinski definition) is 3. The fourth-order valence-electron chi connectivity index (χ4n) is 2.13. The third-order valence-electron chi connectivity index (χ3n) is 3.04. The Bertz CT molecular complexity index is 719. The number of nitrogens with zero attached hydrogens (tertiary/aromatic N) is 1. The van der Waals surface area contributed by atoms with E-state index in [1.165, 1.54) is 17.8 Å². The van der Waals surface area contributed by atoms with Crippen LogP contribution in [0.15, 0.2) is 52.5 Å². The van der Waals surface area contributed by atoms with E-state index in [9.17, 15) is 4.39 Å². The van der Waals surface area contributed by atoms with Crippen molar-refractivity contribution in [2.75, 3.05) is 0 Å². The van der Waals surface area contributed by atoms with E-state index in [1.54, 1.807) is 13.0 Å². The SMILES string of the molecule is CC(N)c1c(F)cccc1Sc1nc2ccccc2[nH]1. The monoisotopic (exact) mass is 287 g/mol. The Morgan fingerprint density at radius 2 is 2.00 bits per heavy atom. The summed E-state index contributed by atoms with van der Waals surface area (Å²) in [6, 6.07) is 12.4. The van der Waals surface area contributed by atoms with Gasteiger partial charge in [-0.15, -0.1) is 0 Å². The number of aromatic nitrogens is 2. The summed E-state index contributed by atoms with van der Waals surface area (Å²) in [5.41, 5.74) is 8.25. The Labute approximate surface area is 120 Å². The van der Waals surface area contributed by atoms with E-state index < -0.39 is 0 Å². The number of benzene rings is 2. The fraction of sp³-hybridized carbons (Fsp3) is 0.133. The van der Waals surface area contributed by atoms with Crippen molar-refractivity contribution >= 4 is 22.8 Å². The zero-order valence-corrected chi connectivity index (χ0v) is 11.7. The zero-order valence-electron chi connectivity index (χ0n) is 10.9. The summed E-state index contributed by atoms with van der Waals surface area (Å²) in [7, 11) is 0. The van der Waals surface area contributed by atoms with Crippen molar-refractivity contribution in [1.82, 2.24) is 9.97 Å². The highest BCUT2D eigenvalue weighted by atomic mass is 32.2. The van der Waals surface area contributed by atoms with Crippen molar-refractivity contribution < 1.29 is 4.39 Å². The van der Waals surface area contributed by atoms with E-state index in [4.69, 9.17) is 5.73 Å². The molecule has 3 aromatic rings. The minimum atomic E-state index is -0.358. The molecule has 3 rings (SSSR count). The third kappa shape index (κ3) is 2.42. The molecule has 0 aliphatic rings. The molecule has 0 aliphatic carbocycles. The molecule has 0 saturated heterocycles. The first kappa shape index (κ1) is 13.1. The van der Waals surface area contributed by atoms with Crippen LogP contribution in [0.3, 0.4) is 0 Å². The van der Waals surface area contributed by atoms with Crippen molar-refractivity contribution in [3.8, 4) is 0 Å². The maximum atomic E-state index is 13.9. The topological polar surface area (TPSA) is 54.7 Å². The summed E-state index contributed by atoms with van der Waals surface area (Å²) in [6.07, 6.45) is 0. The lowest BCUT2D eigenvalue weighted by Crippen LogP contribution is -2.09. The van der Waals surface area contributed by atoms with Crippen LogP contribution in [0, 0.1) is 5.82 Å². The van der Waals surface area contributed by atoms with Crippen LogP contribution in [0.4, 0.5) is 4.39 Å². The van der Waals surface area contributed by atoms with Gasteiger partial charge in [-0.05, 0) is 31.2 Å². The predicted molar refractivity (Wildman–Crippen MR) is 79.2 cm³/mol. The Kier molecular flexibility index (Phi) is 3.46. The van der Waals surface area contributed by atoms with Crippen LogP contribution in [0.5, 0.6) is 0 Å². The van der Waals surface area contributed by atoms with Gasteiger partial charge in [0.15, 0.2) is 5.16 Å². The summed E-state index contributed by atoms with van der Waals surface area (Å²) in [5, 5.41) is 0.735. The molecule has 20 heavy (non-hydrogen) atoms. The van der Waals surface area contributed by atoms with E-state index in [1.807, 2.05) is 30.3 Å². The molecule has 102 valence electrons. The standard InChI is InChI=1S/C15H14FN3S/c1-9(17)14-10(16)5-4-8-13(14)20-15-18-11-6-2-3-7-12(11)19-15/h2-9H,17H2,1H3,(H,18,19). The Hall–Kier alpha value is -1.85. The van der Waals surface area contributed by atoms with Gasteiger partial charge in [0.2, 0.25) is 0 Å². The molecule has 1 aromatic heterocycles. The highest BCUT2D eigenvalue weighted by Gasteiger charge is 2.14. The lowest BCUT2D eigenvalue weighted by atomic mass is 10.1. The molecule has 0 fully saturated rings. The number of imidazole rings is 1. The van der Waals surface area contributed by atoms with Crippen LogP contribution in [0.2, 0.25) is 0 Å². The van der Waals surface area contributed by atoms with Gasteiger partial charge in [-0.1, -0.05) is 30.0 Å². The van der Waals surface area contributed by atoms with Gasteiger partial charge in [-0.3, -0.25) is 0 Å². The number of para-hydroxylation sites is 2. The van der Waals surface area contributed by atoms with Crippen molar-refractivity contribution in [1.29, 1.82) is 0 Å². The van der Waals surface area contributed by atoms with Gasteiger partial charge < -0.3 is 10.7 Å². The first-order valence-corrected chi connectivity index (χ1v) is 7.13. The minimum Gasteiger partial charge on any atom is -0.333 e. The number of fused-ring (bicyclic) bond motifs is 1. The minimum absolute atomic E-state index is 0.277. The average Bonchev–Trinajstić information content (AvgIpc) is 2.80. The molecular weight excluding hydrogens is 273 g/mol. The highest BCUT2D eigenvalue weighted by molar-refractivity contribution is 7.99. The lowest BCUT2D eigenvalue weighted by molar-refractivity contribution is 0.585. The molecule has 0 saturated carbocycles. The van der Waals surface area contributed by atoms with Gasteiger partial charge in [0.05, 0.1) is 11.0 Å². The molecule has 3 nitrogen and oxygen atoms in total. The van der Waals surface area contributed by atoms with Crippen LogP contribution in [-0.2, 0) is 0 Å². The fourth-order valence-corrected chi connectivity index (χ4v) is 3.18. The summed E-state index contributed by atoms with van der Waals surface area (Å²) >= 11 is 1.40. The second-order valence-corrected chi connectivity index (χ2v) is 5.63. The molecule has 0 aliphatic heterocycles. The van der Waals surface area contributed by atoms with Crippen molar-refractivity contribution in [3.05, 3.63) is 53.8 Å². The summed E-state index contributed by atoms with van der Waals surface area (Å²) in [6.45, 7) is 1.78. The summed E-state index contributed by atoms with van der Waals surface area (Å²) in [5.74, 6) is -0.277. The highest BCUT2D eigenvalue weighted by Crippen LogP contribution is 2.33. The van der Waals surface area contributed by atoms with Crippen LogP contribution in [0.25, 0.3) is 11.0 Å². The molecule has 0 amide bonds. The normalized spacial score (nSPS) is 12.8. The number of aromatic amines is 1. The third-order valence-corrected chi connectivity index (χ3v) is 4.01. The molecule has 5 heteroatoms. The van der Waals surface area contributed by atoms with Gasteiger partial charge >= 0.3 is 0 Å². The largest absolute Gasteiger partial charge is 0.333 e. The number of rotatable bonds is 3. The number of H-pyrrole nitrogens is 1. The first-order valence-electron chi connectivity index (χ1n) is 6.32. The van der Waals surface area contributed by atoms with E-state index in [2.05, 4.69) is 9.97 Å². The Balaban J connectivity index is 2.00. The van der Waals surface area contributed by atoms with E-state index in [-0.39, 0.29) is 11.9 Å². The average molecular weight is 287 g/mol. The molecule has 0 bridgehead atoms. The van der Waals surface area contributed by atoms with Crippen LogP contribution < -0.4 is 5.73 Å².